The van der Waals surface area contributed by atoms with Crippen molar-refractivity contribution in [2.45, 2.75) is 82.3 Å². The molecule has 212 valence electrons. The highest BCUT2D eigenvalue weighted by atomic mass is 19.4. The van der Waals surface area contributed by atoms with Crippen LogP contribution in [0.3, 0.4) is 0 Å². The molecular formula is C30H34F3N5O2. The van der Waals surface area contributed by atoms with Crippen molar-refractivity contribution < 1.29 is 23.1 Å². The summed E-state index contributed by atoms with van der Waals surface area (Å²) in [6, 6.07) is 10.2. The van der Waals surface area contributed by atoms with Crippen LogP contribution in [-0.2, 0) is 31.7 Å². The van der Waals surface area contributed by atoms with Gasteiger partial charge in [-0.05, 0) is 92.8 Å². The minimum absolute atomic E-state index is 0.0161. The molecule has 1 atom stereocenters. The number of aliphatic hydroxyl groups is 1. The van der Waals surface area contributed by atoms with Crippen LogP contribution in [0.25, 0.3) is 0 Å². The highest BCUT2D eigenvalue weighted by molar-refractivity contribution is 6.10. The molecule has 0 bridgehead atoms. The van der Waals surface area contributed by atoms with Crippen molar-refractivity contribution in [1.82, 2.24) is 20.1 Å². The molecule has 1 unspecified atom stereocenters. The Balaban J connectivity index is 1.34. The largest absolute Gasteiger partial charge is 0.416 e. The fourth-order valence-electron chi connectivity index (χ4n) is 6.64. The smallest absolute Gasteiger partial charge is 0.393 e. The molecular weight excluding hydrogens is 519 g/mol. The molecule has 7 nitrogen and oxygen atoms in total. The van der Waals surface area contributed by atoms with E-state index in [1.165, 1.54) is 11.0 Å². The Labute approximate surface area is 231 Å². The lowest BCUT2D eigenvalue weighted by molar-refractivity contribution is -0.138. The maximum Gasteiger partial charge on any atom is 0.416 e. The number of aryl methyl sites for hydroxylation is 1. The second-order valence-electron chi connectivity index (χ2n) is 12.1. The van der Waals surface area contributed by atoms with Crippen molar-refractivity contribution in [1.29, 1.82) is 0 Å². The second kappa shape index (κ2) is 9.41. The van der Waals surface area contributed by atoms with E-state index >= 15 is 0 Å². The number of benzene rings is 2. The predicted molar refractivity (Wildman–Crippen MR) is 144 cm³/mol. The van der Waals surface area contributed by atoms with Gasteiger partial charge in [-0.1, -0.05) is 12.1 Å². The molecule has 2 saturated carbocycles. The highest BCUT2D eigenvalue weighted by Gasteiger charge is 2.51. The van der Waals surface area contributed by atoms with Crippen molar-refractivity contribution in [2.75, 3.05) is 4.90 Å². The maximum absolute atomic E-state index is 14.2. The Morgan fingerprint density at radius 2 is 1.95 bits per heavy atom. The van der Waals surface area contributed by atoms with Crippen LogP contribution in [0.4, 0.5) is 18.9 Å². The van der Waals surface area contributed by atoms with Gasteiger partial charge in [0.25, 0.3) is 5.91 Å². The van der Waals surface area contributed by atoms with Crippen molar-refractivity contribution >= 4 is 11.6 Å². The number of hydrogen-bond acceptors (Lipinski definition) is 5. The summed E-state index contributed by atoms with van der Waals surface area (Å²) in [5, 5.41) is 22.0. The highest BCUT2D eigenvalue weighted by Crippen LogP contribution is 2.53. The van der Waals surface area contributed by atoms with Crippen LogP contribution in [0.15, 0.2) is 42.7 Å². The molecule has 3 aliphatic rings. The first-order valence-electron chi connectivity index (χ1n) is 13.8. The van der Waals surface area contributed by atoms with E-state index in [1.807, 2.05) is 29.8 Å². The molecule has 1 aliphatic heterocycles. The topological polar surface area (TPSA) is 83.3 Å². The fraction of sp³-hybridized carbons (Fsp3) is 0.500. The maximum atomic E-state index is 14.2. The van der Waals surface area contributed by atoms with Gasteiger partial charge in [-0.3, -0.25) is 4.79 Å². The van der Waals surface area contributed by atoms with Gasteiger partial charge < -0.3 is 19.9 Å². The van der Waals surface area contributed by atoms with E-state index in [4.69, 9.17) is 0 Å². The summed E-state index contributed by atoms with van der Waals surface area (Å²) in [6.45, 7) is 3.98. The van der Waals surface area contributed by atoms with Crippen LogP contribution < -0.4 is 10.2 Å². The van der Waals surface area contributed by atoms with Gasteiger partial charge in [0.15, 0.2) is 0 Å². The molecule has 10 heteroatoms. The number of rotatable bonds is 7. The molecule has 0 radical (unpaired) electrons. The number of aliphatic hydroxyl groups excluding tert-OH is 1. The molecule has 0 saturated heterocycles. The average molecular weight is 554 g/mol. The van der Waals surface area contributed by atoms with E-state index in [2.05, 4.69) is 22.4 Å². The van der Waals surface area contributed by atoms with Gasteiger partial charge in [0, 0.05) is 30.4 Å². The summed E-state index contributed by atoms with van der Waals surface area (Å²) < 4.78 is 44.5. The van der Waals surface area contributed by atoms with E-state index in [0.717, 1.165) is 30.7 Å². The van der Waals surface area contributed by atoms with Crippen LogP contribution >= 0.6 is 0 Å². The number of fused-ring (bicyclic) bond motifs is 1. The number of anilines is 1. The van der Waals surface area contributed by atoms with E-state index < -0.39 is 29.2 Å². The first-order chi connectivity index (χ1) is 18.9. The Bertz CT molecular complexity index is 1450. The molecule has 2 fully saturated rings. The number of hydrogen-bond donors (Lipinski definition) is 2. The molecule has 2 aromatic carbocycles. The minimum Gasteiger partial charge on any atom is -0.393 e. The molecule has 3 aromatic rings. The number of carbonyl (C=O) groups is 1. The Morgan fingerprint density at radius 1 is 1.20 bits per heavy atom. The minimum atomic E-state index is -4.57. The lowest BCUT2D eigenvalue weighted by Crippen LogP contribution is -2.47. The lowest BCUT2D eigenvalue weighted by Gasteiger charge is -2.48. The fourth-order valence-corrected chi connectivity index (χ4v) is 6.64. The number of nitrogens with one attached hydrogen (secondary N) is 1. The molecule has 6 rings (SSSR count). The molecule has 0 spiro atoms. The van der Waals surface area contributed by atoms with Crippen LogP contribution in [-0.4, -0.2) is 37.4 Å². The van der Waals surface area contributed by atoms with E-state index in [9.17, 15) is 23.1 Å². The number of halogens is 3. The average Bonchev–Trinajstić information content (AvgIpc) is 3.43. The van der Waals surface area contributed by atoms with Crippen molar-refractivity contribution in [3.63, 3.8) is 0 Å². The first kappa shape index (κ1) is 27.0. The molecule has 2 aliphatic carbocycles. The Kier molecular flexibility index (Phi) is 6.34. The van der Waals surface area contributed by atoms with Gasteiger partial charge in [-0.2, -0.15) is 13.2 Å². The van der Waals surface area contributed by atoms with Crippen LogP contribution in [0.5, 0.6) is 0 Å². The normalized spacial score (nSPS) is 24.4. The van der Waals surface area contributed by atoms with Crippen molar-refractivity contribution in [3.05, 3.63) is 76.4 Å². The Hall–Kier alpha value is -3.24. The number of carbonyl (C=O) groups excluding carboxylic acids is 1. The van der Waals surface area contributed by atoms with Gasteiger partial charge >= 0.3 is 6.18 Å². The van der Waals surface area contributed by atoms with Crippen molar-refractivity contribution in [3.8, 4) is 0 Å². The third-order valence-corrected chi connectivity index (χ3v) is 9.34. The van der Waals surface area contributed by atoms with E-state index in [0.29, 0.717) is 24.1 Å². The quantitative estimate of drug-likeness (QED) is 0.425. The molecule has 2 heterocycles. The summed E-state index contributed by atoms with van der Waals surface area (Å²) >= 11 is 0. The zero-order valence-electron chi connectivity index (χ0n) is 22.9. The zero-order chi connectivity index (χ0) is 28.4. The molecule has 1 amide bonds. The van der Waals surface area contributed by atoms with E-state index in [-0.39, 0.29) is 35.7 Å². The van der Waals surface area contributed by atoms with Gasteiger partial charge in [0.1, 0.15) is 12.2 Å². The van der Waals surface area contributed by atoms with Crippen LogP contribution in [0.1, 0.15) is 84.4 Å². The van der Waals surface area contributed by atoms with Crippen LogP contribution in [0.2, 0.25) is 0 Å². The summed E-state index contributed by atoms with van der Waals surface area (Å²) in [7, 11) is 1.87. The first-order valence-corrected chi connectivity index (χ1v) is 13.8. The van der Waals surface area contributed by atoms with Gasteiger partial charge in [0.05, 0.1) is 23.6 Å². The Morgan fingerprint density at radius 3 is 2.55 bits per heavy atom. The second-order valence-corrected chi connectivity index (χ2v) is 12.1. The molecule has 2 N–H and O–H groups in total. The number of amides is 1. The summed E-state index contributed by atoms with van der Waals surface area (Å²) in [5.74, 6) is 0.411. The molecule has 1 aromatic heterocycles. The summed E-state index contributed by atoms with van der Waals surface area (Å²) in [6.07, 6.45) is 0.970. The van der Waals surface area contributed by atoms with Gasteiger partial charge in [-0.15, -0.1) is 10.2 Å². The zero-order valence-corrected chi connectivity index (χ0v) is 22.9. The monoisotopic (exact) mass is 553 g/mol. The van der Waals surface area contributed by atoms with Crippen molar-refractivity contribution in [2.24, 2.45) is 13.0 Å². The summed E-state index contributed by atoms with van der Waals surface area (Å²) in [5.41, 5.74) is 0.698. The SMILES string of the molecule is CC(O)[C@H]1C[C@](c2cccc(N3Cc4c(cc(CNC5(C)CCC5)cc4C(F)(F)F)C3=O)c2)(c2nncn2C)C1. The van der Waals surface area contributed by atoms with Gasteiger partial charge in [-0.25, -0.2) is 0 Å². The van der Waals surface area contributed by atoms with E-state index in [1.54, 1.807) is 25.4 Å². The van der Waals surface area contributed by atoms with Crippen LogP contribution in [0, 0.1) is 5.92 Å². The standard InChI is InChI=1S/C30H34F3N5O2/c1-18(39)20-13-29(14-20,27-36-35-17-37(27)3)21-6-4-7-22(12-21)38-16-24-23(26(38)40)10-19(11-25(24)30(31,32)33)15-34-28(2)8-5-9-28/h4,6-7,10-12,17-18,20,34,39H,5,8-9,13-16H2,1-3H3/t18?,20-,29-. The third kappa shape index (κ3) is 4.41. The van der Waals surface area contributed by atoms with Gasteiger partial charge in [0.2, 0.25) is 0 Å². The third-order valence-electron chi connectivity index (χ3n) is 9.34. The number of aromatic nitrogens is 3. The number of nitrogens with zero attached hydrogens (tertiary/aromatic N) is 4. The predicted octanol–water partition coefficient (Wildman–Crippen LogP) is 5.10. The summed E-state index contributed by atoms with van der Waals surface area (Å²) in [4.78, 5) is 15.1. The lowest BCUT2D eigenvalue weighted by atomic mass is 9.56. The molecule has 40 heavy (non-hydrogen) atoms. The number of alkyl halides is 3.